The zero-order valence-electron chi connectivity index (χ0n) is 13.0. The van der Waals surface area contributed by atoms with Gasteiger partial charge >= 0.3 is 5.97 Å². The van der Waals surface area contributed by atoms with Gasteiger partial charge in [-0.3, -0.25) is 4.72 Å². The molecule has 0 fully saturated rings. The van der Waals surface area contributed by atoms with E-state index in [1.165, 1.54) is 22.8 Å². The summed E-state index contributed by atoms with van der Waals surface area (Å²) in [5.41, 5.74) is 0.763. The molecule has 1 N–H and O–H groups in total. The van der Waals surface area contributed by atoms with Crippen molar-refractivity contribution in [1.29, 1.82) is 0 Å². The molecule has 1 aromatic heterocycles. The van der Waals surface area contributed by atoms with Crippen molar-refractivity contribution in [3.05, 3.63) is 47.5 Å². The molecule has 0 amide bonds. The summed E-state index contributed by atoms with van der Waals surface area (Å²) in [5, 5.41) is 0. The van der Waals surface area contributed by atoms with Crippen LogP contribution < -0.4 is 4.72 Å². The maximum atomic E-state index is 12.9. The van der Waals surface area contributed by atoms with Crippen LogP contribution in [0.3, 0.4) is 0 Å². The second-order valence-corrected chi connectivity index (χ2v) is 6.52. The minimum atomic E-state index is -3.91. The molecule has 2 aromatic rings. The van der Waals surface area contributed by atoms with Crippen LogP contribution in [0.4, 0.5) is 10.1 Å². The van der Waals surface area contributed by atoms with E-state index in [1.807, 2.05) is 0 Å². The Balaban J connectivity index is 2.38. The molecule has 0 aliphatic heterocycles. The molecule has 0 aliphatic rings. The molecule has 2 rings (SSSR count). The van der Waals surface area contributed by atoms with Crippen molar-refractivity contribution < 1.29 is 22.3 Å². The van der Waals surface area contributed by atoms with Gasteiger partial charge in [0, 0.05) is 18.4 Å². The molecule has 0 radical (unpaired) electrons. The smallest absolute Gasteiger partial charge is 0.354 e. The number of nitrogens with zero attached hydrogens (tertiary/aromatic N) is 1. The second kappa shape index (κ2) is 6.41. The first-order valence-corrected chi connectivity index (χ1v) is 8.36. The number of carbonyl (C=O) groups is 1. The fourth-order valence-corrected chi connectivity index (χ4v) is 3.42. The minimum Gasteiger partial charge on any atom is -0.461 e. The molecule has 1 heterocycles. The Morgan fingerprint density at radius 2 is 1.91 bits per heavy atom. The molecule has 0 saturated heterocycles. The van der Waals surface area contributed by atoms with E-state index in [0.29, 0.717) is 5.69 Å². The highest BCUT2D eigenvalue weighted by Crippen LogP contribution is 2.23. The van der Waals surface area contributed by atoms with Crippen molar-refractivity contribution in [1.82, 2.24) is 4.57 Å². The highest BCUT2D eigenvalue weighted by atomic mass is 32.2. The average Bonchev–Trinajstić information content (AvgIpc) is 2.79. The normalized spacial score (nSPS) is 11.3. The number of anilines is 1. The van der Waals surface area contributed by atoms with E-state index >= 15 is 0 Å². The van der Waals surface area contributed by atoms with Crippen LogP contribution in [0.1, 0.15) is 23.1 Å². The summed E-state index contributed by atoms with van der Waals surface area (Å²) >= 11 is 0. The van der Waals surface area contributed by atoms with Crippen LogP contribution in [0.25, 0.3) is 0 Å². The molecule has 0 bridgehead atoms. The SMILES string of the molecule is CCOC(=O)c1cc(S(=O)(=O)Nc2ccc(F)cc2)c(C)n1C. The van der Waals surface area contributed by atoms with Crippen molar-refractivity contribution in [2.24, 2.45) is 7.05 Å². The molecule has 8 heteroatoms. The van der Waals surface area contributed by atoms with Gasteiger partial charge in [0.05, 0.1) is 6.61 Å². The lowest BCUT2D eigenvalue weighted by Crippen LogP contribution is -2.13. The molecule has 0 saturated carbocycles. The standard InChI is InChI=1S/C15H17FN2O4S/c1-4-22-15(19)13-9-14(10(2)18(13)3)23(20,21)17-12-7-5-11(16)6-8-12/h5-9,17H,4H2,1-3H3. The van der Waals surface area contributed by atoms with Crippen LogP contribution in [0.15, 0.2) is 35.2 Å². The first kappa shape index (κ1) is 17.0. The van der Waals surface area contributed by atoms with Crippen LogP contribution in [0.5, 0.6) is 0 Å². The summed E-state index contributed by atoms with van der Waals surface area (Å²) in [5.74, 6) is -1.06. The van der Waals surface area contributed by atoms with Gasteiger partial charge in [-0.15, -0.1) is 0 Å². The zero-order valence-corrected chi connectivity index (χ0v) is 13.8. The quantitative estimate of drug-likeness (QED) is 0.848. The van der Waals surface area contributed by atoms with Gasteiger partial charge in [0.15, 0.2) is 0 Å². The molecule has 6 nitrogen and oxygen atoms in total. The Kier molecular flexibility index (Phi) is 4.74. The van der Waals surface area contributed by atoms with Crippen LogP contribution in [-0.4, -0.2) is 25.6 Å². The lowest BCUT2D eigenvalue weighted by molar-refractivity contribution is 0.0515. The second-order valence-electron chi connectivity index (χ2n) is 4.87. The summed E-state index contributed by atoms with van der Waals surface area (Å²) in [6, 6.07) is 6.20. The van der Waals surface area contributed by atoms with Crippen molar-refractivity contribution in [2.45, 2.75) is 18.7 Å². The maximum Gasteiger partial charge on any atom is 0.354 e. The number of benzene rings is 1. The highest BCUT2D eigenvalue weighted by Gasteiger charge is 2.25. The van der Waals surface area contributed by atoms with E-state index in [4.69, 9.17) is 4.74 Å². The van der Waals surface area contributed by atoms with Gasteiger partial charge in [-0.05, 0) is 44.2 Å². The molecule has 23 heavy (non-hydrogen) atoms. The first-order valence-electron chi connectivity index (χ1n) is 6.88. The van der Waals surface area contributed by atoms with Crippen LogP contribution in [0, 0.1) is 12.7 Å². The van der Waals surface area contributed by atoms with E-state index in [-0.39, 0.29) is 22.9 Å². The van der Waals surface area contributed by atoms with Gasteiger partial charge in [-0.1, -0.05) is 0 Å². The number of aromatic nitrogens is 1. The minimum absolute atomic E-state index is 0.0348. The number of ether oxygens (including phenoxy) is 1. The molecule has 0 atom stereocenters. The fourth-order valence-electron chi connectivity index (χ4n) is 2.07. The lowest BCUT2D eigenvalue weighted by atomic mass is 10.3. The van der Waals surface area contributed by atoms with E-state index in [2.05, 4.69) is 4.72 Å². The first-order chi connectivity index (χ1) is 10.8. The summed E-state index contributed by atoms with van der Waals surface area (Å²) < 4.78 is 46.6. The Hall–Kier alpha value is -2.35. The monoisotopic (exact) mass is 340 g/mol. The number of nitrogens with one attached hydrogen (secondary N) is 1. The number of rotatable bonds is 5. The number of halogens is 1. The Morgan fingerprint density at radius 3 is 2.48 bits per heavy atom. The Morgan fingerprint density at radius 1 is 1.30 bits per heavy atom. The molecule has 124 valence electrons. The third-order valence-corrected chi connectivity index (χ3v) is 4.86. The fraction of sp³-hybridized carbons (Fsp3) is 0.267. The predicted octanol–water partition coefficient (Wildman–Crippen LogP) is 2.45. The Bertz CT molecular complexity index is 826. The molecule has 1 aromatic carbocycles. The topological polar surface area (TPSA) is 77.4 Å². The summed E-state index contributed by atoms with van der Waals surface area (Å²) in [6.07, 6.45) is 0. The number of carbonyl (C=O) groups excluding carboxylic acids is 1. The summed E-state index contributed by atoms with van der Waals surface area (Å²) in [7, 11) is -2.33. The summed E-state index contributed by atoms with van der Waals surface area (Å²) in [4.78, 5) is 11.8. The summed E-state index contributed by atoms with van der Waals surface area (Å²) in [6.45, 7) is 3.45. The highest BCUT2D eigenvalue weighted by molar-refractivity contribution is 7.92. The average molecular weight is 340 g/mol. The number of sulfonamides is 1. The maximum absolute atomic E-state index is 12.9. The van der Waals surface area contributed by atoms with E-state index in [1.54, 1.807) is 20.9 Å². The van der Waals surface area contributed by atoms with Crippen molar-refractivity contribution in [3.8, 4) is 0 Å². The molecule has 0 unspecified atom stereocenters. The number of hydrogen-bond acceptors (Lipinski definition) is 4. The molecular formula is C15H17FN2O4S. The molecule has 0 aliphatic carbocycles. The van der Waals surface area contributed by atoms with E-state index < -0.39 is 21.8 Å². The van der Waals surface area contributed by atoms with Crippen molar-refractivity contribution >= 4 is 21.7 Å². The van der Waals surface area contributed by atoms with Gasteiger partial charge in [-0.2, -0.15) is 0 Å². The Labute approximate surface area is 133 Å². The van der Waals surface area contributed by atoms with Crippen LogP contribution in [0.2, 0.25) is 0 Å². The molecule has 0 spiro atoms. The predicted molar refractivity (Wildman–Crippen MR) is 83.3 cm³/mol. The van der Waals surface area contributed by atoms with Gasteiger partial charge in [0.1, 0.15) is 16.4 Å². The largest absolute Gasteiger partial charge is 0.461 e. The van der Waals surface area contributed by atoms with E-state index in [9.17, 15) is 17.6 Å². The number of hydrogen-bond donors (Lipinski definition) is 1. The van der Waals surface area contributed by atoms with Crippen molar-refractivity contribution in [3.63, 3.8) is 0 Å². The van der Waals surface area contributed by atoms with Crippen LogP contribution in [-0.2, 0) is 21.8 Å². The van der Waals surface area contributed by atoms with Gasteiger partial charge in [0.2, 0.25) is 0 Å². The van der Waals surface area contributed by atoms with Gasteiger partial charge < -0.3 is 9.30 Å². The van der Waals surface area contributed by atoms with Gasteiger partial charge in [-0.25, -0.2) is 17.6 Å². The third kappa shape index (κ3) is 3.53. The lowest BCUT2D eigenvalue weighted by Gasteiger charge is -2.08. The van der Waals surface area contributed by atoms with Gasteiger partial charge in [0.25, 0.3) is 10.0 Å². The van der Waals surface area contributed by atoms with E-state index in [0.717, 1.165) is 12.1 Å². The number of esters is 1. The van der Waals surface area contributed by atoms with Crippen molar-refractivity contribution in [2.75, 3.05) is 11.3 Å². The third-order valence-electron chi connectivity index (χ3n) is 3.36. The molecular weight excluding hydrogens is 323 g/mol. The van der Waals surface area contributed by atoms with Crippen LogP contribution >= 0.6 is 0 Å². The zero-order chi connectivity index (χ0) is 17.2.